The molecule has 1 unspecified atom stereocenters. The highest BCUT2D eigenvalue weighted by Gasteiger charge is 2.16. The number of amides is 1. The number of carbonyl (C=O) groups is 1. The quantitative estimate of drug-likeness (QED) is 0.515. The molecule has 1 atom stereocenters. The van der Waals surface area contributed by atoms with Gasteiger partial charge in [-0.2, -0.15) is 0 Å². The van der Waals surface area contributed by atoms with Gasteiger partial charge in [0.1, 0.15) is 5.60 Å². The standard InChI is InChI=1S/C14H30N2O2/c1-6-7-8-9-10-11-12(2)15-16-13(17)18-14(3,4)5/h12,15H,6-11H2,1-5H3,(H,16,17). The van der Waals surface area contributed by atoms with Gasteiger partial charge in [0.15, 0.2) is 0 Å². The maximum absolute atomic E-state index is 11.4. The van der Waals surface area contributed by atoms with Crippen LogP contribution in [0.4, 0.5) is 4.79 Å². The average molecular weight is 258 g/mol. The number of rotatable bonds is 8. The molecule has 0 radical (unpaired) electrons. The Balaban J connectivity index is 3.52. The van der Waals surface area contributed by atoms with Crippen LogP contribution in [-0.4, -0.2) is 17.7 Å². The lowest BCUT2D eigenvalue weighted by atomic mass is 10.1. The van der Waals surface area contributed by atoms with Gasteiger partial charge in [0.05, 0.1) is 0 Å². The molecule has 0 aromatic heterocycles. The van der Waals surface area contributed by atoms with Crippen molar-refractivity contribution in [3.63, 3.8) is 0 Å². The molecule has 0 heterocycles. The van der Waals surface area contributed by atoms with E-state index in [9.17, 15) is 4.79 Å². The first kappa shape index (κ1) is 17.2. The van der Waals surface area contributed by atoms with Gasteiger partial charge in [-0.3, -0.25) is 5.43 Å². The molecule has 0 saturated heterocycles. The smallest absolute Gasteiger partial charge is 0.422 e. The molecule has 0 rings (SSSR count). The van der Waals surface area contributed by atoms with Crippen LogP contribution in [0.25, 0.3) is 0 Å². The monoisotopic (exact) mass is 258 g/mol. The number of unbranched alkanes of at least 4 members (excludes halogenated alkanes) is 4. The van der Waals surface area contributed by atoms with E-state index >= 15 is 0 Å². The summed E-state index contributed by atoms with van der Waals surface area (Å²) in [5, 5.41) is 0. The molecule has 0 aliphatic rings. The highest BCUT2D eigenvalue weighted by atomic mass is 16.6. The Bertz CT molecular complexity index is 224. The maximum atomic E-state index is 11.4. The molecule has 0 aliphatic heterocycles. The highest BCUT2D eigenvalue weighted by Crippen LogP contribution is 2.07. The molecule has 0 aromatic carbocycles. The first-order valence-corrected chi connectivity index (χ1v) is 7.09. The molecule has 1 amide bonds. The summed E-state index contributed by atoms with van der Waals surface area (Å²) in [6.45, 7) is 9.84. The minimum absolute atomic E-state index is 0.277. The van der Waals surface area contributed by atoms with Gasteiger partial charge in [0.2, 0.25) is 0 Å². The van der Waals surface area contributed by atoms with Gasteiger partial charge in [-0.15, -0.1) is 0 Å². The molecule has 18 heavy (non-hydrogen) atoms. The van der Waals surface area contributed by atoms with Crippen LogP contribution in [0.3, 0.4) is 0 Å². The highest BCUT2D eigenvalue weighted by molar-refractivity contribution is 5.66. The van der Waals surface area contributed by atoms with Crippen molar-refractivity contribution in [2.24, 2.45) is 0 Å². The van der Waals surface area contributed by atoms with Crippen molar-refractivity contribution >= 4 is 6.09 Å². The van der Waals surface area contributed by atoms with Crippen LogP contribution >= 0.6 is 0 Å². The van der Waals surface area contributed by atoms with Crippen LogP contribution < -0.4 is 10.9 Å². The van der Waals surface area contributed by atoms with Crippen molar-refractivity contribution < 1.29 is 9.53 Å². The predicted octanol–water partition coefficient (Wildman–Crippen LogP) is 3.76. The van der Waals surface area contributed by atoms with Gasteiger partial charge in [-0.05, 0) is 34.1 Å². The summed E-state index contributed by atoms with van der Waals surface area (Å²) in [4.78, 5) is 11.4. The largest absolute Gasteiger partial charge is 0.443 e. The fraction of sp³-hybridized carbons (Fsp3) is 0.929. The summed E-state index contributed by atoms with van der Waals surface area (Å²) in [6.07, 6.45) is 7.02. The Morgan fingerprint density at radius 3 is 2.33 bits per heavy atom. The van der Waals surface area contributed by atoms with Crippen LogP contribution in [0, 0.1) is 0 Å². The predicted molar refractivity (Wildman–Crippen MR) is 75.3 cm³/mol. The van der Waals surface area contributed by atoms with Crippen molar-refractivity contribution in [2.45, 2.75) is 84.8 Å². The van der Waals surface area contributed by atoms with E-state index < -0.39 is 11.7 Å². The normalized spacial score (nSPS) is 13.2. The third-order valence-electron chi connectivity index (χ3n) is 2.56. The van der Waals surface area contributed by atoms with E-state index in [4.69, 9.17) is 4.74 Å². The number of hydrogen-bond donors (Lipinski definition) is 2. The third-order valence-corrected chi connectivity index (χ3v) is 2.56. The lowest BCUT2D eigenvalue weighted by molar-refractivity contribution is 0.0488. The molecular formula is C14H30N2O2. The SMILES string of the molecule is CCCCCCCC(C)NNC(=O)OC(C)(C)C. The fourth-order valence-corrected chi connectivity index (χ4v) is 1.61. The van der Waals surface area contributed by atoms with Crippen LogP contribution in [0.15, 0.2) is 0 Å². The van der Waals surface area contributed by atoms with Gasteiger partial charge < -0.3 is 4.74 Å². The number of ether oxygens (including phenoxy) is 1. The minimum Gasteiger partial charge on any atom is -0.443 e. The van der Waals surface area contributed by atoms with Crippen molar-refractivity contribution in [2.75, 3.05) is 0 Å². The second-order valence-corrected chi connectivity index (χ2v) is 5.88. The van der Waals surface area contributed by atoms with E-state index in [1.54, 1.807) is 0 Å². The Labute approximate surface area is 112 Å². The summed E-state index contributed by atoms with van der Waals surface area (Å²) in [5.41, 5.74) is 5.10. The molecule has 0 saturated carbocycles. The maximum Gasteiger partial charge on any atom is 0.422 e. The summed E-state index contributed by atoms with van der Waals surface area (Å²) in [7, 11) is 0. The zero-order chi connectivity index (χ0) is 14.0. The second kappa shape index (κ2) is 9.20. The van der Waals surface area contributed by atoms with E-state index in [2.05, 4.69) is 24.7 Å². The van der Waals surface area contributed by atoms with Crippen molar-refractivity contribution in [1.29, 1.82) is 0 Å². The molecule has 0 aliphatic carbocycles. The average Bonchev–Trinajstić information content (AvgIpc) is 2.24. The number of hydrogen-bond acceptors (Lipinski definition) is 3. The second-order valence-electron chi connectivity index (χ2n) is 5.88. The van der Waals surface area contributed by atoms with Gasteiger partial charge in [0, 0.05) is 6.04 Å². The molecule has 0 spiro atoms. The zero-order valence-electron chi connectivity index (χ0n) is 12.6. The molecule has 4 nitrogen and oxygen atoms in total. The first-order chi connectivity index (χ1) is 8.35. The minimum atomic E-state index is -0.449. The Kier molecular flexibility index (Phi) is 8.81. The molecule has 108 valence electrons. The van der Waals surface area contributed by atoms with Crippen molar-refractivity contribution in [3.05, 3.63) is 0 Å². The Morgan fingerprint density at radius 2 is 1.78 bits per heavy atom. The zero-order valence-corrected chi connectivity index (χ0v) is 12.6. The van der Waals surface area contributed by atoms with E-state index in [1.807, 2.05) is 20.8 Å². The summed E-state index contributed by atoms with van der Waals surface area (Å²) >= 11 is 0. The van der Waals surface area contributed by atoms with Gasteiger partial charge >= 0.3 is 6.09 Å². The van der Waals surface area contributed by atoms with Gasteiger partial charge in [-0.1, -0.05) is 39.0 Å². The molecule has 0 aromatic rings. The van der Waals surface area contributed by atoms with E-state index in [0.717, 1.165) is 6.42 Å². The summed E-state index contributed by atoms with van der Waals surface area (Å²) in [6, 6.07) is 0.277. The van der Waals surface area contributed by atoms with Crippen molar-refractivity contribution in [3.8, 4) is 0 Å². The molecule has 2 N–H and O–H groups in total. The third kappa shape index (κ3) is 11.7. The van der Waals surface area contributed by atoms with Crippen LogP contribution in [0.2, 0.25) is 0 Å². The lowest BCUT2D eigenvalue weighted by Gasteiger charge is -2.21. The fourth-order valence-electron chi connectivity index (χ4n) is 1.61. The van der Waals surface area contributed by atoms with Gasteiger partial charge in [-0.25, -0.2) is 10.2 Å². The molecule has 4 heteroatoms. The van der Waals surface area contributed by atoms with E-state index in [0.29, 0.717) is 0 Å². The topological polar surface area (TPSA) is 50.4 Å². The van der Waals surface area contributed by atoms with E-state index in [1.165, 1.54) is 32.1 Å². The number of hydrazine groups is 1. The molecule has 0 fully saturated rings. The first-order valence-electron chi connectivity index (χ1n) is 7.09. The van der Waals surface area contributed by atoms with Crippen LogP contribution in [0.5, 0.6) is 0 Å². The van der Waals surface area contributed by atoms with Crippen molar-refractivity contribution in [1.82, 2.24) is 10.9 Å². The van der Waals surface area contributed by atoms with Crippen LogP contribution in [-0.2, 0) is 4.74 Å². The number of carbonyl (C=O) groups excluding carboxylic acids is 1. The van der Waals surface area contributed by atoms with E-state index in [-0.39, 0.29) is 6.04 Å². The Hall–Kier alpha value is -0.770. The summed E-state index contributed by atoms with van der Waals surface area (Å²) < 4.78 is 5.13. The summed E-state index contributed by atoms with van der Waals surface area (Å²) in [5.74, 6) is 0. The van der Waals surface area contributed by atoms with Gasteiger partial charge in [0.25, 0.3) is 0 Å². The van der Waals surface area contributed by atoms with Crippen LogP contribution in [0.1, 0.15) is 73.1 Å². The molecular weight excluding hydrogens is 228 g/mol. The Morgan fingerprint density at radius 1 is 1.17 bits per heavy atom. The number of nitrogens with one attached hydrogen (secondary N) is 2. The molecule has 0 bridgehead atoms. The lowest BCUT2D eigenvalue weighted by Crippen LogP contribution is -2.45.